The van der Waals surface area contributed by atoms with Gasteiger partial charge in [-0.25, -0.2) is 0 Å². The largest absolute Gasteiger partial charge is 0.467 e. The first kappa shape index (κ1) is 17.9. The summed E-state index contributed by atoms with van der Waals surface area (Å²) in [6.45, 7) is 2.16. The molecule has 0 saturated carbocycles. The van der Waals surface area contributed by atoms with E-state index in [1.54, 1.807) is 29.4 Å². The van der Waals surface area contributed by atoms with E-state index in [1.807, 2.05) is 43.3 Å². The van der Waals surface area contributed by atoms with Crippen molar-refractivity contribution in [2.75, 3.05) is 0 Å². The molecule has 5 rings (SSSR count). The Morgan fingerprint density at radius 2 is 1.93 bits per heavy atom. The number of hydrogen-bond donors (Lipinski definition) is 0. The molecular weight excluding hydrogens is 434 g/mol. The molecule has 5 nitrogen and oxygen atoms in total. The molecule has 3 heterocycles. The molecule has 1 amide bonds. The van der Waals surface area contributed by atoms with E-state index in [-0.39, 0.29) is 23.6 Å². The molecule has 1 atom stereocenters. The minimum Gasteiger partial charge on any atom is -0.467 e. The average Bonchev–Trinajstić information content (AvgIpc) is 3.31. The Bertz CT molecular complexity index is 1310. The van der Waals surface area contributed by atoms with E-state index >= 15 is 0 Å². The first-order valence-corrected chi connectivity index (χ1v) is 9.98. The fraction of sp³-hybridized carbons (Fsp3) is 0.130. The molecule has 0 aliphatic carbocycles. The van der Waals surface area contributed by atoms with E-state index in [1.165, 1.54) is 0 Å². The van der Waals surface area contributed by atoms with Gasteiger partial charge in [-0.3, -0.25) is 9.59 Å². The Hall–Kier alpha value is -3.12. The lowest BCUT2D eigenvalue weighted by Gasteiger charge is -2.24. The van der Waals surface area contributed by atoms with Crippen LogP contribution in [0.25, 0.3) is 11.0 Å². The zero-order chi connectivity index (χ0) is 20.1. The highest BCUT2D eigenvalue weighted by atomic mass is 79.9. The summed E-state index contributed by atoms with van der Waals surface area (Å²) >= 11 is 3.49. The maximum Gasteiger partial charge on any atom is 0.291 e. The number of fused-ring (bicyclic) bond motifs is 2. The number of furan rings is 1. The van der Waals surface area contributed by atoms with Crippen molar-refractivity contribution in [1.29, 1.82) is 0 Å². The lowest BCUT2D eigenvalue weighted by Crippen LogP contribution is -2.29. The Balaban J connectivity index is 1.77. The molecule has 1 aliphatic heterocycles. The predicted molar refractivity (Wildman–Crippen MR) is 112 cm³/mol. The summed E-state index contributed by atoms with van der Waals surface area (Å²) in [6, 6.07) is 16.1. The monoisotopic (exact) mass is 449 g/mol. The van der Waals surface area contributed by atoms with Crippen molar-refractivity contribution in [2.24, 2.45) is 0 Å². The SMILES string of the molecule is Cc1ccc2oc3c(c(=O)c2c1)[C@H](c1cccc(Br)c1)N(Cc1ccco1)C3=O. The Morgan fingerprint density at radius 3 is 2.69 bits per heavy atom. The Kier molecular flexibility index (Phi) is 4.17. The predicted octanol–water partition coefficient (Wildman–Crippen LogP) is 5.20. The maximum atomic E-state index is 13.5. The van der Waals surface area contributed by atoms with Gasteiger partial charge in [-0.05, 0) is 48.9 Å². The van der Waals surface area contributed by atoms with Crippen molar-refractivity contribution < 1.29 is 13.6 Å². The number of nitrogens with zero attached hydrogens (tertiary/aromatic N) is 1. The Morgan fingerprint density at radius 1 is 1.07 bits per heavy atom. The number of rotatable bonds is 3. The van der Waals surface area contributed by atoms with Crippen LogP contribution in [0.4, 0.5) is 0 Å². The van der Waals surface area contributed by atoms with Gasteiger partial charge >= 0.3 is 0 Å². The molecule has 0 N–H and O–H groups in total. The fourth-order valence-corrected chi connectivity index (χ4v) is 4.31. The normalized spacial score (nSPS) is 15.9. The number of benzene rings is 2. The number of aryl methyl sites for hydroxylation is 1. The summed E-state index contributed by atoms with van der Waals surface area (Å²) in [7, 11) is 0. The van der Waals surface area contributed by atoms with Gasteiger partial charge in [0, 0.05) is 4.47 Å². The van der Waals surface area contributed by atoms with Crippen LogP contribution in [0, 0.1) is 6.92 Å². The van der Waals surface area contributed by atoms with Crippen LogP contribution in [-0.4, -0.2) is 10.8 Å². The van der Waals surface area contributed by atoms with Crippen LogP contribution in [0.2, 0.25) is 0 Å². The number of hydrogen-bond acceptors (Lipinski definition) is 4. The smallest absolute Gasteiger partial charge is 0.291 e. The molecule has 0 bridgehead atoms. The number of halogens is 1. The van der Waals surface area contributed by atoms with E-state index in [9.17, 15) is 9.59 Å². The highest BCUT2D eigenvalue weighted by Gasteiger charge is 2.43. The minimum absolute atomic E-state index is 0.0999. The van der Waals surface area contributed by atoms with Gasteiger partial charge in [0.2, 0.25) is 5.76 Å². The van der Waals surface area contributed by atoms with Gasteiger partial charge in [0.15, 0.2) is 5.43 Å². The molecule has 0 fully saturated rings. The second-order valence-corrected chi connectivity index (χ2v) is 8.06. The fourth-order valence-electron chi connectivity index (χ4n) is 3.89. The third-order valence-corrected chi connectivity index (χ3v) is 5.69. The van der Waals surface area contributed by atoms with Gasteiger partial charge in [-0.2, -0.15) is 0 Å². The summed E-state index contributed by atoms with van der Waals surface area (Å²) in [5.41, 5.74) is 2.40. The van der Waals surface area contributed by atoms with Crippen LogP contribution in [0.1, 0.15) is 39.0 Å². The average molecular weight is 450 g/mol. The summed E-state index contributed by atoms with van der Waals surface area (Å²) in [5.74, 6) is 0.419. The van der Waals surface area contributed by atoms with Gasteiger partial charge in [0.1, 0.15) is 11.3 Å². The number of amides is 1. The van der Waals surface area contributed by atoms with Crippen molar-refractivity contribution >= 4 is 32.8 Å². The number of carbonyl (C=O) groups excluding carboxylic acids is 1. The van der Waals surface area contributed by atoms with Crippen molar-refractivity contribution in [3.63, 3.8) is 0 Å². The molecular formula is C23H16BrNO4. The van der Waals surface area contributed by atoms with Gasteiger partial charge < -0.3 is 13.7 Å². The zero-order valence-electron chi connectivity index (χ0n) is 15.5. The topological polar surface area (TPSA) is 63.7 Å². The van der Waals surface area contributed by atoms with Gasteiger partial charge in [-0.1, -0.05) is 39.7 Å². The van der Waals surface area contributed by atoms with Crippen LogP contribution in [0.5, 0.6) is 0 Å². The Labute approximate surface area is 174 Å². The van der Waals surface area contributed by atoms with E-state index in [4.69, 9.17) is 8.83 Å². The summed E-state index contributed by atoms with van der Waals surface area (Å²) in [6.07, 6.45) is 1.57. The molecule has 29 heavy (non-hydrogen) atoms. The van der Waals surface area contributed by atoms with Gasteiger partial charge in [0.25, 0.3) is 5.91 Å². The van der Waals surface area contributed by atoms with Crippen molar-refractivity contribution in [3.05, 3.63) is 104 Å². The molecule has 0 spiro atoms. The number of carbonyl (C=O) groups is 1. The molecule has 1 aliphatic rings. The quantitative estimate of drug-likeness (QED) is 0.430. The van der Waals surface area contributed by atoms with Crippen LogP contribution < -0.4 is 5.43 Å². The lowest BCUT2D eigenvalue weighted by molar-refractivity contribution is 0.0701. The second-order valence-electron chi connectivity index (χ2n) is 7.14. The first-order valence-electron chi connectivity index (χ1n) is 9.19. The molecule has 0 radical (unpaired) electrons. The highest BCUT2D eigenvalue weighted by Crippen LogP contribution is 2.39. The van der Waals surface area contributed by atoms with Gasteiger partial charge in [0.05, 0.1) is 29.8 Å². The highest BCUT2D eigenvalue weighted by molar-refractivity contribution is 9.10. The van der Waals surface area contributed by atoms with Gasteiger partial charge in [-0.15, -0.1) is 0 Å². The molecule has 144 valence electrons. The lowest BCUT2D eigenvalue weighted by atomic mass is 9.98. The van der Waals surface area contributed by atoms with E-state index in [0.717, 1.165) is 15.6 Å². The van der Waals surface area contributed by atoms with Crippen molar-refractivity contribution in [1.82, 2.24) is 4.90 Å². The van der Waals surface area contributed by atoms with Crippen LogP contribution in [0.15, 0.2) is 79.0 Å². The minimum atomic E-state index is -0.554. The summed E-state index contributed by atoms with van der Waals surface area (Å²) < 4.78 is 12.3. The molecule has 6 heteroatoms. The second kappa shape index (κ2) is 6.74. The van der Waals surface area contributed by atoms with Crippen LogP contribution in [-0.2, 0) is 6.54 Å². The van der Waals surface area contributed by atoms with E-state index < -0.39 is 6.04 Å². The summed E-state index contributed by atoms with van der Waals surface area (Å²) in [5, 5.41) is 0.483. The zero-order valence-corrected chi connectivity index (χ0v) is 17.1. The van der Waals surface area contributed by atoms with Crippen molar-refractivity contribution in [3.8, 4) is 0 Å². The van der Waals surface area contributed by atoms with Crippen molar-refractivity contribution in [2.45, 2.75) is 19.5 Å². The van der Waals surface area contributed by atoms with Crippen LogP contribution >= 0.6 is 15.9 Å². The molecule has 4 aromatic rings. The third-order valence-electron chi connectivity index (χ3n) is 5.19. The molecule has 0 unspecified atom stereocenters. The van der Waals surface area contributed by atoms with Crippen LogP contribution in [0.3, 0.4) is 0 Å². The first-order chi connectivity index (χ1) is 14.0. The molecule has 2 aromatic carbocycles. The maximum absolute atomic E-state index is 13.5. The summed E-state index contributed by atoms with van der Waals surface area (Å²) in [4.78, 5) is 28.4. The van der Waals surface area contributed by atoms with E-state index in [0.29, 0.717) is 22.3 Å². The third kappa shape index (κ3) is 2.91. The van der Waals surface area contributed by atoms with E-state index in [2.05, 4.69) is 15.9 Å². The molecule has 2 aromatic heterocycles. The standard InChI is InChI=1S/C23H16BrNO4/c1-13-7-8-18-17(10-13)21(26)19-20(14-4-2-5-15(24)11-14)25(23(27)22(19)29-18)12-16-6-3-9-28-16/h2-11,20H,12H2,1H3/t20-/m0/s1. The molecule has 0 saturated heterocycles.